The Morgan fingerprint density at radius 3 is 2.33 bits per heavy atom. The monoisotopic (exact) mass is 721 g/mol. The van der Waals surface area contributed by atoms with E-state index in [9.17, 15) is 28.8 Å². The smallest absolute Gasteiger partial charge is 0.289 e. The maximum absolute atomic E-state index is 14.8. The summed E-state index contributed by atoms with van der Waals surface area (Å²) in [5, 5.41) is 12.8. The summed E-state index contributed by atoms with van der Waals surface area (Å²) in [4.78, 5) is 98.0. The zero-order valence-electron chi connectivity index (χ0n) is 31.2. The SMILES string of the molecule is CCC[C@H](NC(=O)[C@@H]1C[C@]2(CC(CC)=NO2)CN1C(=O)[C@@H](NC(=O)[C@@H](CC(=O)c1cnccn1)C1CCCCC1)C(C)(C)C)C(=O)C(=O)NC1CC1. The van der Waals surface area contributed by atoms with E-state index in [1.165, 1.54) is 23.5 Å². The Kier molecular flexibility index (Phi) is 12.5. The van der Waals surface area contributed by atoms with Crippen LogP contribution in [0.3, 0.4) is 0 Å². The van der Waals surface area contributed by atoms with Gasteiger partial charge in [0, 0.05) is 43.6 Å². The molecule has 5 atom stereocenters. The molecule has 3 fully saturated rings. The molecule has 3 N–H and O–H groups in total. The van der Waals surface area contributed by atoms with Crippen LogP contribution in [0, 0.1) is 17.3 Å². The maximum Gasteiger partial charge on any atom is 0.289 e. The molecule has 4 aliphatic rings. The van der Waals surface area contributed by atoms with Crippen LogP contribution in [-0.4, -0.2) is 92.1 Å². The Bertz CT molecular complexity index is 1530. The van der Waals surface area contributed by atoms with E-state index in [1.807, 2.05) is 34.6 Å². The van der Waals surface area contributed by atoms with Gasteiger partial charge in [-0.3, -0.25) is 33.8 Å². The van der Waals surface area contributed by atoms with E-state index < -0.39 is 64.5 Å². The lowest BCUT2D eigenvalue weighted by Crippen LogP contribution is -2.60. The standard InChI is InChI=1S/C38H55N7O7/c1-6-11-27(31(47)35(50)41-25-14-15-25)42-34(49)29-20-38(19-24(7-2)44-52-38)22-45(29)36(51)32(37(3,4)5)43-33(48)26(23-12-9-8-10-13-23)18-30(46)28-21-39-16-17-40-28/h16-17,21,23,25-27,29,32H,6-15,18-20,22H2,1-5H3,(H,41,50)(H,42,49)(H,43,48)/t26-,27-,29-,32+,38+/m0/s1. The zero-order chi connectivity index (χ0) is 37.6. The second kappa shape index (κ2) is 16.6. The molecular formula is C38H55N7O7. The number of aromatic nitrogens is 2. The lowest BCUT2D eigenvalue weighted by molar-refractivity contribution is -0.146. The van der Waals surface area contributed by atoms with Crippen LogP contribution in [0.15, 0.2) is 23.7 Å². The van der Waals surface area contributed by atoms with E-state index in [0.29, 0.717) is 19.3 Å². The molecule has 2 saturated carbocycles. The van der Waals surface area contributed by atoms with Gasteiger partial charge in [-0.25, -0.2) is 4.98 Å². The number of oxime groups is 1. The number of ketones is 2. The quantitative estimate of drug-likeness (QED) is 0.180. The third kappa shape index (κ3) is 9.40. The second-order valence-electron chi connectivity index (χ2n) is 16.1. The molecule has 52 heavy (non-hydrogen) atoms. The fourth-order valence-corrected chi connectivity index (χ4v) is 7.68. The number of nitrogens with zero attached hydrogens (tertiary/aromatic N) is 4. The highest BCUT2D eigenvalue weighted by molar-refractivity contribution is 6.38. The number of hydrogen-bond donors (Lipinski definition) is 3. The minimum absolute atomic E-state index is 0.0168. The molecule has 1 spiro atoms. The second-order valence-corrected chi connectivity index (χ2v) is 16.1. The molecule has 1 aromatic heterocycles. The highest BCUT2D eigenvalue weighted by atomic mass is 16.7. The van der Waals surface area contributed by atoms with Crippen LogP contribution in [-0.2, 0) is 28.8 Å². The van der Waals surface area contributed by atoms with Crippen LogP contribution < -0.4 is 16.0 Å². The van der Waals surface area contributed by atoms with Gasteiger partial charge in [-0.2, -0.15) is 0 Å². The van der Waals surface area contributed by atoms with Crippen LogP contribution >= 0.6 is 0 Å². The molecule has 0 unspecified atom stereocenters. The third-order valence-corrected chi connectivity index (χ3v) is 10.8. The lowest BCUT2D eigenvalue weighted by Gasteiger charge is -2.37. The summed E-state index contributed by atoms with van der Waals surface area (Å²) in [5.74, 6) is -3.89. The van der Waals surface area contributed by atoms with Crippen molar-refractivity contribution in [2.45, 2.75) is 148 Å². The van der Waals surface area contributed by atoms with Gasteiger partial charge in [0.25, 0.3) is 5.91 Å². The summed E-state index contributed by atoms with van der Waals surface area (Å²) in [6.45, 7) is 9.40. The molecule has 284 valence electrons. The van der Waals surface area contributed by atoms with Gasteiger partial charge in [0.1, 0.15) is 17.8 Å². The maximum atomic E-state index is 14.8. The summed E-state index contributed by atoms with van der Waals surface area (Å²) in [6, 6.07) is -3.19. The summed E-state index contributed by atoms with van der Waals surface area (Å²) in [6.07, 6.45) is 12.4. The van der Waals surface area contributed by atoms with Gasteiger partial charge in [-0.05, 0) is 49.9 Å². The fraction of sp³-hybridized carbons (Fsp3) is 0.711. The minimum atomic E-state index is -1.06. The number of Topliss-reactive ketones (excluding diaryl/α,β-unsaturated/α-hetero) is 2. The Morgan fingerprint density at radius 2 is 1.73 bits per heavy atom. The van der Waals surface area contributed by atoms with E-state index in [2.05, 4.69) is 31.1 Å². The topological polar surface area (TPSA) is 189 Å². The molecule has 14 nitrogen and oxygen atoms in total. The molecule has 3 heterocycles. The van der Waals surface area contributed by atoms with E-state index in [4.69, 9.17) is 4.84 Å². The van der Waals surface area contributed by atoms with Crippen molar-refractivity contribution in [3.05, 3.63) is 24.3 Å². The van der Waals surface area contributed by atoms with E-state index >= 15 is 0 Å². The van der Waals surface area contributed by atoms with Gasteiger partial charge in [0.05, 0.1) is 24.5 Å². The van der Waals surface area contributed by atoms with Crippen LogP contribution in [0.25, 0.3) is 0 Å². The fourth-order valence-electron chi connectivity index (χ4n) is 7.68. The minimum Gasteiger partial charge on any atom is -0.387 e. The normalized spacial score (nSPS) is 23.6. The number of carbonyl (C=O) groups excluding carboxylic acids is 6. The van der Waals surface area contributed by atoms with Gasteiger partial charge < -0.3 is 25.7 Å². The summed E-state index contributed by atoms with van der Waals surface area (Å²) < 4.78 is 0. The van der Waals surface area contributed by atoms with Crippen molar-refractivity contribution in [1.82, 2.24) is 30.8 Å². The van der Waals surface area contributed by atoms with Gasteiger partial charge >= 0.3 is 0 Å². The first-order valence-electron chi connectivity index (χ1n) is 19.0. The molecule has 2 aliphatic heterocycles. The molecular weight excluding hydrogens is 666 g/mol. The Labute approximate surface area is 306 Å². The average molecular weight is 722 g/mol. The predicted molar refractivity (Wildman–Crippen MR) is 192 cm³/mol. The van der Waals surface area contributed by atoms with Crippen molar-refractivity contribution in [1.29, 1.82) is 0 Å². The molecule has 0 aromatic carbocycles. The first kappa shape index (κ1) is 39.0. The first-order chi connectivity index (χ1) is 24.7. The highest BCUT2D eigenvalue weighted by Gasteiger charge is 2.55. The molecule has 1 saturated heterocycles. The average Bonchev–Trinajstić information content (AvgIpc) is 3.73. The largest absolute Gasteiger partial charge is 0.387 e. The number of hydrogen-bond acceptors (Lipinski definition) is 10. The summed E-state index contributed by atoms with van der Waals surface area (Å²) >= 11 is 0. The van der Waals surface area contributed by atoms with Gasteiger partial charge in [0.2, 0.25) is 23.5 Å². The Hall–Kier alpha value is -4.23. The van der Waals surface area contributed by atoms with Crippen molar-refractivity contribution < 1.29 is 33.6 Å². The van der Waals surface area contributed by atoms with Gasteiger partial charge in [0.15, 0.2) is 11.4 Å². The molecule has 2 aliphatic carbocycles. The Morgan fingerprint density at radius 1 is 1.00 bits per heavy atom. The van der Waals surface area contributed by atoms with Crippen molar-refractivity contribution in [2.24, 2.45) is 22.4 Å². The molecule has 4 amide bonds. The van der Waals surface area contributed by atoms with Crippen LogP contribution in [0.4, 0.5) is 0 Å². The van der Waals surface area contributed by atoms with Gasteiger partial charge in [-0.1, -0.05) is 65.5 Å². The summed E-state index contributed by atoms with van der Waals surface area (Å²) in [5.41, 5.74) is -0.741. The first-order valence-corrected chi connectivity index (χ1v) is 19.0. The van der Waals surface area contributed by atoms with Crippen molar-refractivity contribution in [2.75, 3.05) is 6.54 Å². The lowest BCUT2D eigenvalue weighted by atomic mass is 9.76. The van der Waals surface area contributed by atoms with E-state index in [0.717, 1.165) is 50.7 Å². The van der Waals surface area contributed by atoms with Crippen LogP contribution in [0.1, 0.15) is 129 Å². The predicted octanol–water partition coefficient (Wildman–Crippen LogP) is 3.44. The number of amides is 4. The van der Waals surface area contributed by atoms with Crippen molar-refractivity contribution >= 4 is 40.9 Å². The number of likely N-dealkylation sites (tertiary alicyclic amines) is 1. The summed E-state index contributed by atoms with van der Waals surface area (Å²) in [7, 11) is 0. The van der Waals surface area contributed by atoms with Crippen LogP contribution in [0.2, 0.25) is 0 Å². The van der Waals surface area contributed by atoms with Gasteiger partial charge in [-0.15, -0.1) is 0 Å². The zero-order valence-corrected chi connectivity index (χ0v) is 31.2. The van der Waals surface area contributed by atoms with E-state index in [-0.39, 0.29) is 49.2 Å². The number of carbonyl (C=O) groups is 6. The van der Waals surface area contributed by atoms with Crippen molar-refractivity contribution in [3.63, 3.8) is 0 Å². The third-order valence-electron chi connectivity index (χ3n) is 10.8. The van der Waals surface area contributed by atoms with Crippen molar-refractivity contribution in [3.8, 4) is 0 Å². The number of nitrogens with one attached hydrogen (secondary N) is 3. The van der Waals surface area contributed by atoms with Crippen LogP contribution in [0.5, 0.6) is 0 Å². The molecule has 1 aromatic rings. The Balaban J connectivity index is 1.39. The molecule has 5 rings (SSSR count). The van der Waals surface area contributed by atoms with E-state index in [1.54, 1.807) is 0 Å². The number of rotatable bonds is 15. The molecule has 0 radical (unpaired) electrons. The molecule has 14 heteroatoms. The molecule has 0 bridgehead atoms. The highest BCUT2D eigenvalue weighted by Crippen LogP contribution is 2.40.